The molecule has 3 aromatic rings. The van der Waals surface area contributed by atoms with Crippen molar-refractivity contribution in [3.8, 4) is 0 Å². The van der Waals surface area contributed by atoms with E-state index in [-0.39, 0.29) is 36.0 Å². The van der Waals surface area contributed by atoms with Gasteiger partial charge in [0.1, 0.15) is 0 Å². The van der Waals surface area contributed by atoms with Crippen LogP contribution in [-0.2, 0) is 26.6 Å². The van der Waals surface area contributed by atoms with E-state index in [2.05, 4.69) is 11.5 Å². The second-order valence-electron chi connectivity index (χ2n) is 9.82. The van der Waals surface area contributed by atoms with Crippen LogP contribution in [0.15, 0.2) is 101 Å². The van der Waals surface area contributed by atoms with Gasteiger partial charge >= 0.3 is 0 Å². The summed E-state index contributed by atoms with van der Waals surface area (Å²) in [6, 6.07) is 23.5. The molecule has 0 atom stereocenters. The highest BCUT2D eigenvalue weighted by Gasteiger charge is 2.30. The molecule has 0 aromatic heterocycles. The van der Waals surface area contributed by atoms with Gasteiger partial charge < -0.3 is 0 Å². The van der Waals surface area contributed by atoms with Gasteiger partial charge in [0.05, 0.1) is 9.79 Å². The zero-order valence-electron chi connectivity index (χ0n) is 22.0. The number of benzene rings is 3. The van der Waals surface area contributed by atoms with Crippen LogP contribution in [0.2, 0.25) is 0 Å². The van der Waals surface area contributed by atoms with E-state index in [1.807, 2.05) is 44.2 Å². The highest BCUT2D eigenvalue weighted by atomic mass is 32.2. The van der Waals surface area contributed by atoms with Crippen molar-refractivity contribution in [3.63, 3.8) is 0 Å². The first-order valence-electron chi connectivity index (χ1n) is 12.6. The number of hydrogen-bond donors (Lipinski definition) is 0. The van der Waals surface area contributed by atoms with E-state index in [1.165, 1.54) is 8.61 Å². The lowest BCUT2D eigenvalue weighted by atomic mass is 10.2. The summed E-state index contributed by atoms with van der Waals surface area (Å²) in [4.78, 5) is 2.54. The fraction of sp³-hybridized carbons (Fsp3) is 0.310. The van der Waals surface area contributed by atoms with E-state index in [1.54, 1.807) is 48.5 Å². The van der Waals surface area contributed by atoms with Gasteiger partial charge in [0.25, 0.3) is 0 Å². The number of sulfonamides is 2. The molecule has 0 spiro atoms. The van der Waals surface area contributed by atoms with Crippen LogP contribution in [0.4, 0.5) is 0 Å². The Bertz CT molecular complexity index is 1360. The predicted octanol–water partition coefficient (Wildman–Crippen LogP) is 4.06. The van der Waals surface area contributed by atoms with Gasteiger partial charge in [0, 0.05) is 45.8 Å². The van der Waals surface area contributed by atoms with Gasteiger partial charge in [-0.15, -0.1) is 0 Å². The fourth-order valence-electron chi connectivity index (χ4n) is 4.45. The molecule has 0 bridgehead atoms. The van der Waals surface area contributed by atoms with Crippen LogP contribution < -0.4 is 0 Å². The monoisotopic (exact) mass is 553 g/mol. The highest BCUT2D eigenvalue weighted by molar-refractivity contribution is 7.89. The summed E-state index contributed by atoms with van der Waals surface area (Å²) < 4.78 is 57.4. The largest absolute Gasteiger partial charge is 0.296 e. The van der Waals surface area contributed by atoms with Crippen molar-refractivity contribution in [3.05, 3.63) is 108 Å². The molecule has 38 heavy (non-hydrogen) atoms. The van der Waals surface area contributed by atoms with Gasteiger partial charge in [-0.3, -0.25) is 4.90 Å². The SMILES string of the molecule is C=C1CN(S(=O)(=O)c2ccc(C)cc2)CCN(Cc2ccccc2)CCN(S(=O)(=O)c2ccc(C)cc2)C1. The van der Waals surface area contributed by atoms with E-state index in [0.29, 0.717) is 25.2 Å². The minimum atomic E-state index is -3.81. The molecule has 9 heteroatoms. The molecular formula is C29H35N3O4S2. The number of aryl methyl sites for hydroxylation is 2. The summed E-state index contributed by atoms with van der Waals surface area (Å²) >= 11 is 0. The van der Waals surface area contributed by atoms with Crippen molar-refractivity contribution in [1.29, 1.82) is 0 Å². The van der Waals surface area contributed by atoms with E-state index in [9.17, 15) is 16.8 Å². The Morgan fingerprint density at radius 3 is 1.47 bits per heavy atom. The molecule has 7 nitrogen and oxygen atoms in total. The molecule has 1 aliphatic rings. The smallest absolute Gasteiger partial charge is 0.243 e. The van der Waals surface area contributed by atoms with Crippen LogP contribution in [0.3, 0.4) is 0 Å². The molecule has 0 radical (unpaired) electrons. The van der Waals surface area contributed by atoms with Gasteiger partial charge in [-0.25, -0.2) is 16.8 Å². The summed E-state index contributed by atoms with van der Waals surface area (Å²) in [6.07, 6.45) is 0. The third kappa shape index (κ3) is 6.78. The standard InChI is InChI=1S/C29H35N3O4S2/c1-24-9-13-28(14-10-24)37(33,34)31-19-17-30(23-27-7-5-4-6-8-27)18-20-32(22-26(3)21-31)38(35,36)29-15-11-25(2)12-16-29/h4-16H,3,17-23H2,1-2H3. The maximum Gasteiger partial charge on any atom is 0.243 e. The van der Waals surface area contributed by atoms with Crippen molar-refractivity contribution < 1.29 is 16.8 Å². The number of nitrogens with zero attached hydrogens (tertiary/aromatic N) is 3. The molecular weight excluding hydrogens is 518 g/mol. The van der Waals surface area contributed by atoms with Crippen molar-refractivity contribution in [2.75, 3.05) is 39.3 Å². The molecule has 0 aliphatic carbocycles. The first-order chi connectivity index (χ1) is 18.1. The third-order valence-electron chi connectivity index (χ3n) is 6.70. The molecule has 202 valence electrons. The molecule has 3 aromatic carbocycles. The lowest BCUT2D eigenvalue weighted by Crippen LogP contribution is -2.46. The van der Waals surface area contributed by atoms with Gasteiger partial charge in [-0.1, -0.05) is 72.3 Å². The summed E-state index contributed by atoms with van der Waals surface area (Å²) in [6.45, 7) is 10.0. The minimum Gasteiger partial charge on any atom is -0.296 e. The lowest BCUT2D eigenvalue weighted by Gasteiger charge is -2.33. The summed E-state index contributed by atoms with van der Waals surface area (Å²) in [5.41, 5.74) is 3.54. The number of rotatable bonds is 6. The van der Waals surface area contributed by atoms with Crippen LogP contribution in [0.1, 0.15) is 16.7 Å². The lowest BCUT2D eigenvalue weighted by molar-refractivity contribution is 0.220. The molecule has 0 amide bonds. The van der Waals surface area contributed by atoms with E-state index < -0.39 is 20.0 Å². The maximum atomic E-state index is 13.6. The van der Waals surface area contributed by atoms with Crippen LogP contribution in [0.5, 0.6) is 0 Å². The van der Waals surface area contributed by atoms with E-state index >= 15 is 0 Å². The van der Waals surface area contributed by atoms with Gasteiger partial charge in [0.15, 0.2) is 0 Å². The van der Waals surface area contributed by atoms with Gasteiger partial charge in [0.2, 0.25) is 20.0 Å². The van der Waals surface area contributed by atoms with Crippen LogP contribution >= 0.6 is 0 Å². The average molecular weight is 554 g/mol. The van der Waals surface area contributed by atoms with Crippen LogP contribution in [-0.4, -0.2) is 69.6 Å². The molecule has 1 fully saturated rings. The Kier molecular flexibility index (Phi) is 8.85. The molecule has 0 saturated carbocycles. The minimum absolute atomic E-state index is 0.0370. The van der Waals surface area contributed by atoms with Crippen LogP contribution in [0.25, 0.3) is 0 Å². The van der Waals surface area contributed by atoms with E-state index in [4.69, 9.17) is 0 Å². The van der Waals surface area contributed by atoms with Crippen LogP contribution in [0, 0.1) is 13.8 Å². The second kappa shape index (κ2) is 11.9. The maximum absolute atomic E-state index is 13.6. The topological polar surface area (TPSA) is 78.0 Å². The number of hydrogen-bond acceptors (Lipinski definition) is 5. The molecule has 4 rings (SSSR count). The normalized spacial score (nSPS) is 17.4. The zero-order chi connectivity index (χ0) is 27.3. The Morgan fingerprint density at radius 2 is 1.05 bits per heavy atom. The average Bonchev–Trinajstić information content (AvgIpc) is 2.89. The predicted molar refractivity (Wildman–Crippen MR) is 151 cm³/mol. The molecule has 0 unspecified atom stereocenters. The third-order valence-corrected chi connectivity index (χ3v) is 10.4. The quantitative estimate of drug-likeness (QED) is 0.431. The first-order valence-corrected chi connectivity index (χ1v) is 15.5. The summed E-state index contributed by atoms with van der Waals surface area (Å²) in [5.74, 6) is 0. The van der Waals surface area contributed by atoms with Gasteiger partial charge in [-0.05, 0) is 49.2 Å². The van der Waals surface area contributed by atoms with Crippen molar-refractivity contribution in [1.82, 2.24) is 13.5 Å². The highest BCUT2D eigenvalue weighted by Crippen LogP contribution is 2.22. The summed E-state index contributed by atoms with van der Waals surface area (Å²) in [7, 11) is -7.62. The Balaban J connectivity index is 1.66. The van der Waals surface area contributed by atoms with Crippen molar-refractivity contribution in [2.24, 2.45) is 0 Å². The van der Waals surface area contributed by atoms with E-state index in [0.717, 1.165) is 16.7 Å². The molecule has 1 heterocycles. The molecule has 0 N–H and O–H groups in total. The zero-order valence-corrected chi connectivity index (χ0v) is 23.6. The summed E-state index contributed by atoms with van der Waals surface area (Å²) in [5, 5.41) is 0. The van der Waals surface area contributed by atoms with Gasteiger partial charge in [-0.2, -0.15) is 8.61 Å². The van der Waals surface area contributed by atoms with Crippen molar-refractivity contribution >= 4 is 20.0 Å². The Hall–Kier alpha value is -2.82. The second-order valence-corrected chi connectivity index (χ2v) is 13.7. The fourth-order valence-corrected chi connectivity index (χ4v) is 7.36. The first kappa shape index (κ1) is 28.2. The molecule has 1 saturated heterocycles. The Labute approximate surface area is 227 Å². The van der Waals surface area contributed by atoms with Crippen molar-refractivity contribution in [2.45, 2.75) is 30.2 Å². The molecule has 1 aliphatic heterocycles. The Morgan fingerprint density at radius 1 is 0.632 bits per heavy atom.